The highest BCUT2D eigenvalue weighted by Gasteiger charge is 2.22. The van der Waals surface area contributed by atoms with Crippen molar-refractivity contribution in [3.63, 3.8) is 0 Å². The zero-order valence-corrected chi connectivity index (χ0v) is 16.0. The van der Waals surface area contributed by atoms with Gasteiger partial charge < -0.3 is 14.2 Å². The van der Waals surface area contributed by atoms with Gasteiger partial charge >= 0.3 is 5.97 Å². The van der Waals surface area contributed by atoms with Crippen LogP contribution in [0, 0.1) is 0 Å². The van der Waals surface area contributed by atoms with Crippen LogP contribution in [0.1, 0.15) is 11.1 Å². The molecule has 1 aliphatic rings. The molecule has 27 heavy (non-hydrogen) atoms. The number of methoxy groups -OCH3 is 2. The molecule has 0 aromatic heterocycles. The predicted molar refractivity (Wildman–Crippen MR) is 107 cm³/mol. The first-order chi connectivity index (χ1) is 13.0. The molecule has 0 aliphatic carbocycles. The molecule has 2 aromatic carbocycles. The maximum Gasteiger partial charge on any atom is 0.363 e. The molecular formula is C20H15Cl2NO4. The number of cyclic esters (lactones) is 1. The second-order valence-corrected chi connectivity index (χ2v) is 6.24. The Morgan fingerprint density at radius 3 is 2.59 bits per heavy atom. The summed E-state index contributed by atoms with van der Waals surface area (Å²) in [7, 11) is 3.10. The fraction of sp³-hybridized carbons (Fsp3) is 0.100. The van der Waals surface area contributed by atoms with Gasteiger partial charge in [-0.05, 0) is 35.9 Å². The van der Waals surface area contributed by atoms with Gasteiger partial charge in [0, 0.05) is 17.7 Å². The third-order valence-corrected chi connectivity index (χ3v) is 4.59. The summed E-state index contributed by atoms with van der Waals surface area (Å²) in [6, 6.07) is 10.5. The van der Waals surface area contributed by atoms with Gasteiger partial charge in [0.05, 0.1) is 24.3 Å². The molecule has 0 amide bonds. The molecule has 0 unspecified atom stereocenters. The lowest BCUT2D eigenvalue weighted by molar-refractivity contribution is -0.129. The molecule has 0 bridgehead atoms. The number of esters is 1. The Hall–Kier alpha value is -2.76. The van der Waals surface area contributed by atoms with E-state index in [0.29, 0.717) is 32.7 Å². The highest BCUT2D eigenvalue weighted by molar-refractivity contribution is 6.42. The van der Waals surface area contributed by atoms with Gasteiger partial charge in [-0.15, -0.1) is 0 Å². The van der Waals surface area contributed by atoms with Crippen LogP contribution in [-0.2, 0) is 9.53 Å². The Morgan fingerprint density at radius 1 is 1.04 bits per heavy atom. The molecule has 3 rings (SSSR count). The second kappa shape index (κ2) is 8.29. The molecular weight excluding hydrogens is 389 g/mol. The highest BCUT2D eigenvalue weighted by atomic mass is 35.5. The summed E-state index contributed by atoms with van der Waals surface area (Å²) in [4.78, 5) is 16.3. The minimum atomic E-state index is -0.551. The van der Waals surface area contributed by atoms with Gasteiger partial charge in [0.2, 0.25) is 5.90 Å². The molecule has 0 fully saturated rings. The molecule has 1 heterocycles. The molecule has 2 aromatic rings. The summed E-state index contributed by atoms with van der Waals surface area (Å²) in [6.07, 6.45) is 4.83. The minimum Gasteiger partial charge on any atom is -0.497 e. The van der Waals surface area contributed by atoms with E-state index in [0.717, 1.165) is 0 Å². The van der Waals surface area contributed by atoms with Crippen LogP contribution >= 0.6 is 23.2 Å². The van der Waals surface area contributed by atoms with Crippen molar-refractivity contribution < 1.29 is 19.0 Å². The first-order valence-electron chi connectivity index (χ1n) is 7.88. The zero-order chi connectivity index (χ0) is 19.4. The van der Waals surface area contributed by atoms with E-state index in [1.807, 2.05) is 0 Å². The van der Waals surface area contributed by atoms with E-state index < -0.39 is 5.97 Å². The van der Waals surface area contributed by atoms with Crippen LogP contribution in [0.5, 0.6) is 11.5 Å². The van der Waals surface area contributed by atoms with Crippen molar-refractivity contribution in [1.29, 1.82) is 0 Å². The van der Waals surface area contributed by atoms with Crippen LogP contribution < -0.4 is 9.47 Å². The minimum absolute atomic E-state index is 0.162. The van der Waals surface area contributed by atoms with Crippen LogP contribution in [0.2, 0.25) is 10.0 Å². The second-order valence-electron chi connectivity index (χ2n) is 5.45. The number of benzene rings is 2. The zero-order valence-electron chi connectivity index (χ0n) is 14.5. The van der Waals surface area contributed by atoms with Gasteiger partial charge in [-0.3, -0.25) is 0 Å². The van der Waals surface area contributed by atoms with Crippen LogP contribution in [0.25, 0.3) is 12.2 Å². The van der Waals surface area contributed by atoms with E-state index in [2.05, 4.69) is 4.99 Å². The van der Waals surface area contributed by atoms with Gasteiger partial charge in [0.25, 0.3) is 0 Å². The van der Waals surface area contributed by atoms with Crippen molar-refractivity contribution in [2.24, 2.45) is 4.99 Å². The largest absolute Gasteiger partial charge is 0.497 e. The van der Waals surface area contributed by atoms with Crippen molar-refractivity contribution in [1.82, 2.24) is 0 Å². The summed E-state index contributed by atoms with van der Waals surface area (Å²) < 4.78 is 15.7. The highest BCUT2D eigenvalue weighted by Crippen LogP contribution is 2.29. The Labute approximate surface area is 166 Å². The molecule has 1 aliphatic heterocycles. The smallest absolute Gasteiger partial charge is 0.363 e. The first kappa shape index (κ1) is 19.0. The molecule has 0 saturated heterocycles. The van der Waals surface area contributed by atoms with Gasteiger partial charge in [0.1, 0.15) is 11.5 Å². The number of aliphatic imine (C=N–C) groups is 1. The summed E-state index contributed by atoms with van der Waals surface area (Å²) in [5.41, 5.74) is 1.53. The molecule has 138 valence electrons. The monoisotopic (exact) mass is 403 g/mol. The lowest BCUT2D eigenvalue weighted by Crippen LogP contribution is -2.01. The maximum absolute atomic E-state index is 12.1. The van der Waals surface area contributed by atoms with E-state index in [4.69, 9.17) is 37.4 Å². The quantitative estimate of drug-likeness (QED) is 0.519. The van der Waals surface area contributed by atoms with Crippen LogP contribution in [0.4, 0.5) is 0 Å². The number of rotatable bonds is 5. The standard InChI is InChI=1S/C20H15Cl2NO4/c1-25-14-8-6-13(17(11-14)26-2)10-16-20(24)27-18(23-16)9-7-12-4-3-5-15(21)19(12)22/h3-11H,1-2H3. The SMILES string of the molecule is COc1ccc(C=C2N=C(C=Cc3cccc(Cl)c3Cl)OC2=O)c(OC)c1. The average molecular weight is 404 g/mol. The van der Waals surface area contributed by atoms with Crippen LogP contribution in [0.15, 0.2) is 53.2 Å². The molecule has 0 spiro atoms. The Kier molecular flexibility index (Phi) is 5.84. The van der Waals surface area contributed by atoms with E-state index >= 15 is 0 Å². The summed E-state index contributed by atoms with van der Waals surface area (Å²) in [6.45, 7) is 0. The third-order valence-electron chi connectivity index (χ3n) is 3.76. The Bertz CT molecular complexity index is 980. The number of ether oxygens (including phenoxy) is 3. The van der Waals surface area contributed by atoms with Crippen molar-refractivity contribution in [2.75, 3.05) is 14.2 Å². The van der Waals surface area contributed by atoms with E-state index in [1.165, 1.54) is 7.11 Å². The normalized spacial score (nSPS) is 15.2. The molecule has 7 heteroatoms. The number of hydrogen-bond acceptors (Lipinski definition) is 5. The Balaban J connectivity index is 1.87. The number of carbonyl (C=O) groups excluding carboxylic acids is 1. The maximum atomic E-state index is 12.1. The van der Waals surface area contributed by atoms with Crippen molar-refractivity contribution in [3.8, 4) is 11.5 Å². The number of hydrogen-bond donors (Lipinski definition) is 0. The van der Waals surface area contributed by atoms with E-state index in [9.17, 15) is 4.79 Å². The first-order valence-corrected chi connectivity index (χ1v) is 8.64. The molecule has 0 radical (unpaired) electrons. The third kappa shape index (κ3) is 4.32. The topological polar surface area (TPSA) is 57.1 Å². The fourth-order valence-electron chi connectivity index (χ4n) is 2.39. The van der Waals surface area contributed by atoms with Crippen molar-refractivity contribution in [2.45, 2.75) is 0 Å². The van der Waals surface area contributed by atoms with E-state index in [1.54, 1.807) is 61.7 Å². The van der Waals surface area contributed by atoms with Crippen molar-refractivity contribution in [3.05, 3.63) is 69.3 Å². The van der Waals surface area contributed by atoms with Gasteiger partial charge in [-0.1, -0.05) is 35.3 Å². The fourth-order valence-corrected chi connectivity index (χ4v) is 2.76. The van der Waals surface area contributed by atoms with Gasteiger partial charge in [0.15, 0.2) is 5.70 Å². The van der Waals surface area contributed by atoms with Gasteiger partial charge in [-0.2, -0.15) is 0 Å². The van der Waals surface area contributed by atoms with Gasteiger partial charge in [-0.25, -0.2) is 9.79 Å². The summed E-state index contributed by atoms with van der Waals surface area (Å²) >= 11 is 12.1. The van der Waals surface area contributed by atoms with Crippen molar-refractivity contribution >= 4 is 47.2 Å². The number of halogens is 2. The van der Waals surface area contributed by atoms with E-state index in [-0.39, 0.29) is 11.6 Å². The lowest BCUT2D eigenvalue weighted by atomic mass is 10.1. The lowest BCUT2D eigenvalue weighted by Gasteiger charge is -2.07. The average Bonchev–Trinajstić information content (AvgIpc) is 3.02. The van der Waals surface area contributed by atoms with Crippen LogP contribution in [0.3, 0.4) is 0 Å². The Morgan fingerprint density at radius 2 is 1.85 bits per heavy atom. The van der Waals surface area contributed by atoms with Crippen LogP contribution in [-0.4, -0.2) is 26.1 Å². The summed E-state index contributed by atoms with van der Waals surface area (Å²) in [5.74, 6) is 0.813. The summed E-state index contributed by atoms with van der Waals surface area (Å²) in [5, 5.41) is 0.857. The number of carbonyl (C=O) groups is 1. The number of nitrogens with zero attached hydrogens (tertiary/aromatic N) is 1. The molecule has 0 saturated carbocycles. The molecule has 0 N–H and O–H groups in total. The molecule has 0 atom stereocenters. The molecule has 5 nitrogen and oxygen atoms in total. The predicted octanol–water partition coefficient (Wildman–Crippen LogP) is 5.02.